The van der Waals surface area contributed by atoms with Gasteiger partial charge in [0, 0.05) is 17.4 Å². The van der Waals surface area contributed by atoms with Crippen LogP contribution in [-0.4, -0.2) is 39.2 Å². The van der Waals surface area contributed by atoms with E-state index in [0.29, 0.717) is 39.7 Å². The van der Waals surface area contributed by atoms with Crippen molar-refractivity contribution in [3.63, 3.8) is 0 Å². The molecule has 0 aliphatic heterocycles. The van der Waals surface area contributed by atoms with Gasteiger partial charge in [0.05, 0.1) is 28.7 Å². The van der Waals surface area contributed by atoms with Crippen LogP contribution in [0.5, 0.6) is 0 Å². The molecule has 5 aromatic rings. The molecule has 0 aliphatic carbocycles. The molecule has 5 rings (SSSR count). The van der Waals surface area contributed by atoms with Gasteiger partial charge >= 0.3 is 6.03 Å². The van der Waals surface area contributed by atoms with E-state index in [0.717, 1.165) is 10.9 Å². The summed E-state index contributed by atoms with van der Waals surface area (Å²) in [6.07, 6.45) is -2.29. The van der Waals surface area contributed by atoms with Crippen LogP contribution in [0.1, 0.15) is 11.3 Å². The molecule has 0 bridgehead atoms. The number of aromatic nitrogens is 4. The number of amides is 2. The predicted molar refractivity (Wildman–Crippen MR) is 130 cm³/mol. The number of rotatable bonds is 6. The maximum absolute atomic E-state index is 14.8. The molecule has 0 spiro atoms. The lowest BCUT2D eigenvalue weighted by Gasteiger charge is -2.09. The van der Waals surface area contributed by atoms with Crippen LogP contribution in [0.2, 0.25) is 0 Å². The number of hydrogen-bond donors (Lipinski definition) is 4. The van der Waals surface area contributed by atoms with Crippen LogP contribution < -0.4 is 16.2 Å². The zero-order valence-corrected chi connectivity index (χ0v) is 18.6. The molecule has 0 atom stereocenters. The van der Waals surface area contributed by atoms with Crippen molar-refractivity contribution in [3.8, 4) is 11.1 Å². The number of fused-ring (bicyclic) bond motifs is 2. The van der Waals surface area contributed by atoms with Gasteiger partial charge in [-0.2, -0.15) is 5.10 Å². The number of H-pyrrole nitrogens is 2. The molecule has 0 saturated heterocycles. The van der Waals surface area contributed by atoms with Gasteiger partial charge in [-0.15, -0.1) is 0 Å². The highest BCUT2D eigenvalue weighted by Crippen LogP contribution is 2.28. The van der Waals surface area contributed by atoms with E-state index in [1.54, 1.807) is 42.5 Å². The molecule has 2 amide bonds. The van der Waals surface area contributed by atoms with Crippen molar-refractivity contribution in [2.24, 2.45) is 0 Å². The molecule has 0 unspecified atom stereocenters. The summed E-state index contributed by atoms with van der Waals surface area (Å²) < 4.78 is 39.3. The number of nitrogens with zero attached hydrogens (tertiary/aromatic N) is 2. The Morgan fingerprint density at radius 1 is 1.03 bits per heavy atom. The summed E-state index contributed by atoms with van der Waals surface area (Å²) in [5.41, 5.74) is 3.12. The minimum Gasteiger partial charge on any atom is -0.332 e. The van der Waals surface area contributed by atoms with Gasteiger partial charge in [-0.25, -0.2) is 28.0 Å². The fraction of sp³-hybridized carbons (Fsp3) is 0.120. The van der Waals surface area contributed by atoms with E-state index in [4.69, 9.17) is 0 Å². The van der Waals surface area contributed by atoms with Gasteiger partial charge < -0.3 is 10.3 Å². The van der Waals surface area contributed by atoms with Crippen LogP contribution in [0.15, 0.2) is 65.5 Å². The van der Waals surface area contributed by atoms with Gasteiger partial charge in [0.1, 0.15) is 5.82 Å². The second-order valence-corrected chi connectivity index (χ2v) is 8.08. The smallest absolute Gasteiger partial charge is 0.321 e. The highest BCUT2D eigenvalue weighted by atomic mass is 19.3. The van der Waals surface area contributed by atoms with E-state index in [1.165, 1.54) is 6.07 Å². The average molecular weight is 492 g/mol. The lowest BCUT2D eigenvalue weighted by atomic mass is 9.98. The number of nitrogens with one attached hydrogen (secondary N) is 4. The molecule has 4 N–H and O–H groups in total. The number of anilines is 1. The number of carbonyl (C=O) groups excluding carboxylic acids is 1. The number of benzene rings is 3. The lowest BCUT2D eigenvalue weighted by Crippen LogP contribution is -2.32. The van der Waals surface area contributed by atoms with Crippen molar-refractivity contribution in [2.45, 2.75) is 12.8 Å². The monoisotopic (exact) mass is 492 g/mol. The first-order chi connectivity index (χ1) is 17.4. The molecule has 0 fully saturated rings. The molecular weight excluding hydrogens is 473 g/mol. The highest BCUT2D eigenvalue weighted by molar-refractivity contribution is 5.91. The molecule has 3 aromatic carbocycles. The zero-order valence-electron chi connectivity index (χ0n) is 18.6. The van der Waals surface area contributed by atoms with Crippen LogP contribution in [-0.2, 0) is 6.42 Å². The maximum Gasteiger partial charge on any atom is 0.321 e. The van der Waals surface area contributed by atoms with Gasteiger partial charge in [-0.05, 0) is 41.5 Å². The third-order valence-corrected chi connectivity index (χ3v) is 5.62. The Bertz CT molecular complexity index is 1650. The average Bonchev–Trinajstić information content (AvgIpc) is 3.27. The summed E-state index contributed by atoms with van der Waals surface area (Å²) in [6, 6.07) is 16.1. The van der Waals surface area contributed by atoms with E-state index in [1.807, 2.05) is 17.4 Å². The Hall–Kier alpha value is -4.67. The quantitative estimate of drug-likeness (QED) is 0.278. The fourth-order valence-corrected chi connectivity index (χ4v) is 3.96. The van der Waals surface area contributed by atoms with Crippen molar-refractivity contribution in [1.82, 2.24) is 25.5 Å². The van der Waals surface area contributed by atoms with Gasteiger partial charge in [-0.3, -0.25) is 10.1 Å². The van der Waals surface area contributed by atoms with Crippen LogP contribution in [0, 0.1) is 5.82 Å². The first-order valence-electron chi connectivity index (χ1n) is 11.0. The van der Waals surface area contributed by atoms with E-state index >= 15 is 0 Å². The number of alkyl halides is 2. The van der Waals surface area contributed by atoms with Crippen LogP contribution >= 0.6 is 0 Å². The summed E-state index contributed by atoms with van der Waals surface area (Å²) in [4.78, 5) is 30.9. The van der Waals surface area contributed by atoms with Crippen LogP contribution in [0.3, 0.4) is 0 Å². The Labute approximate surface area is 201 Å². The largest absolute Gasteiger partial charge is 0.332 e. The minimum absolute atomic E-state index is 0.0687. The topological polar surface area (TPSA) is 116 Å². The highest BCUT2D eigenvalue weighted by Gasteiger charge is 2.13. The molecule has 182 valence electrons. The molecular formula is C25H19F3N6O2. The second kappa shape index (κ2) is 9.53. The van der Waals surface area contributed by atoms with Crippen LogP contribution in [0.4, 0.5) is 23.9 Å². The molecule has 8 nitrogen and oxygen atoms in total. The molecule has 36 heavy (non-hydrogen) atoms. The number of imidazole rings is 1. The number of halogens is 3. The summed E-state index contributed by atoms with van der Waals surface area (Å²) in [6.45, 7) is -0.782. The predicted octanol–water partition coefficient (Wildman–Crippen LogP) is 4.58. The number of urea groups is 1. The zero-order chi connectivity index (χ0) is 25.2. The summed E-state index contributed by atoms with van der Waals surface area (Å²) in [5.74, 6) is -0.360. The fourth-order valence-electron chi connectivity index (χ4n) is 3.96. The SMILES string of the molecule is O=C(NCC(F)F)Nc1nc2ccc(-c3cc(Cc4n[nH]c(=O)c5ccccc45)ccc3F)cc2[nH]1. The number of aromatic amines is 2. The second-order valence-electron chi connectivity index (χ2n) is 8.08. The summed E-state index contributed by atoms with van der Waals surface area (Å²) in [5, 5.41) is 12.3. The third-order valence-electron chi connectivity index (χ3n) is 5.62. The van der Waals surface area contributed by atoms with Gasteiger partial charge in [0.15, 0.2) is 0 Å². The standard InChI is InChI=1S/C25H19F3N6O2/c26-18-7-5-13(10-20-15-3-1-2-4-16(15)23(35)34-33-20)9-17(18)14-6-8-19-21(11-14)31-24(30-19)32-25(36)29-12-22(27)28/h1-9,11,22H,10,12H2,(H,34,35)(H3,29,30,31,32,36). The lowest BCUT2D eigenvalue weighted by molar-refractivity contribution is 0.148. The van der Waals surface area contributed by atoms with Crippen LogP contribution in [0.25, 0.3) is 32.9 Å². The minimum atomic E-state index is -2.67. The van der Waals surface area contributed by atoms with E-state index in [9.17, 15) is 22.8 Å². The van der Waals surface area contributed by atoms with Gasteiger partial charge in [0.25, 0.3) is 12.0 Å². The Morgan fingerprint density at radius 3 is 2.64 bits per heavy atom. The number of carbonyl (C=O) groups is 1. The van der Waals surface area contributed by atoms with E-state index < -0.39 is 24.8 Å². The molecule has 2 aromatic heterocycles. The number of hydrogen-bond acceptors (Lipinski definition) is 4. The summed E-state index contributed by atoms with van der Waals surface area (Å²) in [7, 11) is 0. The molecule has 0 radical (unpaired) electrons. The summed E-state index contributed by atoms with van der Waals surface area (Å²) >= 11 is 0. The first-order valence-corrected chi connectivity index (χ1v) is 11.0. The van der Waals surface area contributed by atoms with E-state index in [-0.39, 0.29) is 11.5 Å². The van der Waals surface area contributed by atoms with E-state index in [2.05, 4.69) is 25.5 Å². The van der Waals surface area contributed by atoms with Gasteiger partial charge in [-0.1, -0.05) is 30.3 Å². The third kappa shape index (κ3) is 4.76. The first kappa shape index (κ1) is 23.1. The molecule has 0 aliphatic rings. The molecule has 11 heteroatoms. The Balaban J connectivity index is 1.42. The molecule has 2 heterocycles. The Morgan fingerprint density at radius 2 is 1.83 bits per heavy atom. The Kier molecular flexibility index (Phi) is 6.11. The van der Waals surface area contributed by atoms with Crippen molar-refractivity contribution < 1.29 is 18.0 Å². The molecule has 0 saturated carbocycles. The van der Waals surface area contributed by atoms with Crippen molar-refractivity contribution in [2.75, 3.05) is 11.9 Å². The van der Waals surface area contributed by atoms with Crippen molar-refractivity contribution >= 4 is 33.8 Å². The maximum atomic E-state index is 14.8. The van der Waals surface area contributed by atoms with Gasteiger partial charge in [0.2, 0.25) is 5.95 Å². The van der Waals surface area contributed by atoms with Crippen molar-refractivity contribution in [1.29, 1.82) is 0 Å². The normalized spacial score (nSPS) is 11.3. The van der Waals surface area contributed by atoms with Crippen molar-refractivity contribution in [3.05, 3.63) is 88.1 Å².